The molecule has 0 bridgehead atoms. The van der Waals surface area contributed by atoms with Crippen LogP contribution < -0.4 is 4.90 Å². The van der Waals surface area contributed by atoms with E-state index in [9.17, 15) is 36.2 Å². The molecule has 0 unspecified atom stereocenters. The van der Waals surface area contributed by atoms with Crippen LogP contribution in [0.5, 0.6) is 0 Å². The summed E-state index contributed by atoms with van der Waals surface area (Å²) in [5, 5.41) is 10.6. The first kappa shape index (κ1) is 28.1. The van der Waals surface area contributed by atoms with Gasteiger partial charge < -0.3 is 10.0 Å². The summed E-state index contributed by atoms with van der Waals surface area (Å²) >= 11 is 0. The monoisotopic (exact) mass is 527 g/mol. The van der Waals surface area contributed by atoms with E-state index >= 15 is 0 Å². The van der Waals surface area contributed by atoms with Gasteiger partial charge in [0.05, 0.1) is 23.2 Å². The van der Waals surface area contributed by atoms with Gasteiger partial charge in [0.15, 0.2) is 0 Å². The van der Waals surface area contributed by atoms with Crippen molar-refractivity contribution in [3.63, 3.8) is 0 Å². The molecule has 0 saturated carbocycles. The molecule has 0 radical (unpaired) electrons. The van der Waals surface area contributed by atoms with Gasteiger partial charge in [-0.1, -0.05) is 31.5 Å². The van der Waals surface area contributed by atoms with Crippen LogP contribution in [0, 0.1) is 0 Å². The molecule has 1 N–H and O–H groups in total. The van der Waals surface area contributed by atoms with E-state index in [2.05, 4.69) is 0 Å². The molecular weight excluding hydrogens is 500 g/mol. The number of unbranched alkanes of at least 4 members (excludes halogenated alkanes) is 1. The predicted molar refractivity (Wildman–Crippen MR) is 128 cm³/mol. The van der Waals surface area contributed by atoms with Gasteiger partial charge in [-0.25, -0.2) is 9.78 Å². The second-order valence-electron chi connectivity index (χ2n) is 8.65. The molecule has 200 valence electrons. The topological polar surface area (TPSA) is 56.7 Å². The number of hydrogen-bond donors (Lipinski definition) is 1. The molecule has 0 spiro atoms. The number of anilines is 1. The highest BCUT2D eigenvalue weighted by Gasteiger charge is 2.37. The molecule has 0 atom stereocenters. The van der Waals surface area contributed by atoms with Crippen molar-refractivity contribution in [2.75, 3.05) is 18.0 Å². The highest BCUT2D eigenvalue weighted by molar-refractivity contribution is 5.82. The molecule has 3 rings (SSSR count). The Hall–Kier alpha value is -3.50. The number of halogens is 6. The third-order valence-corrected chi connectivity index (χ3v) is 5.90. The summed E-state index contributed by atoms with van der Waals surface area (Å²) in [6.07, 6.45) is -9.77. The molecule has 37 heavy (non-hydrogen) atoms. The first-order valence-corrected chi connectivity index (χ1v) is 11.7. The zero-order chi connectivity index (χ0) is 27.4. The third kappa shape index (κ3) is 7.05. The summed E-state index contributed by atoms with van der Waals surface area (Å²) in [7, 11) is 0. The molecule has 1 heterocycles. The van der Waals surface area contributed by atoms with Crippen LogP contribution in [-0.4, -0.2) is 34.2 Å². The minimum atomic E-state index is -5.03. The van der Waals surface area contributed by atoms with E-state index < -0.39 is 41.7 Å². The minimum absolute atomic E-state index is 0.0207. The number of pyridine rings is 1. The molecule has 2 aromatic carbocycles. The summed E-state index contributed by atoms with van der Waals surface area (Å²) in [6, 6.07) is 10.1. The first-order chi connectivity index (χ1) is 17.3. The fraction of sp³-hybridized carbons (Fsp3) is 0.385. The quantitative estimate of drug-likeness (QED) is 0.292. The Bertz CT molecular complexity index is 1210. The van der Waals surface area contributed by atoms with Crippen LogP contribution in [0.4, 0.5) is 37.0 Å². The van der Waals surface area contributed by atoms with Gasteiger partial charge in [-0.2, -0.15) is 26.3 Å². The van der Waals surface area contributed by atoms with Crippen molar-refractivity contribution >= 4 is 22.8 Å². The average molecular weight is 528 g/mol. The number of nitrogens with zero attached hydrogens (tertiary/aromatic N) is 3. The van der Waals surface area contributed by atoms with Crippen LogP contribution in [0.1, 0.15) is 48.9 Å². The van der Waals surface area contributed by atoms with Crippen LogP contribution in [0.2, 0.25) is 0 Å². The van der Waals surface area contributed by atoms with Crippen molar-refractivity contribution < 1.29 is 36.2 Å². The molecule has 3 aromatic rings. The molecule has 0 aliphatic heterocycles. The van der Waals surface area contributed by atoms with Gasteiger partial charge in [0.25, 0.3) is 0 Å². The third-order valence-electron chi connectivity index (χ3n) is 5.90. The zero-order valence-corrected chi connectivity index (χ0v) is 20.3. The number of para-hydroxylation sites is 1. The Morgan fingerprint density at radius 3 is 2.08 bits per heavy atom. The van der Waals surface area contributed by atoms with Crippen molar-refractivity contribution in [2.45, 2.75) is 52.1 Å². The van der Waals surface area contributed by atoms with Crippen molar-refractivity contribution in [1.29, 1.82) is 0 Å². The van der Waals surface area contributed by atoms with Crippen LogP contribution in [0.15, 0.2) is 48.5 Å². The van der Waals surface area contributed by atoms with Gasteiger partial charge >= 0.3 is 18.4 Å². The lowest BCUT2D eigenvalue weighted by atomic mass is 10.0. The fourth-order valence-electron chi connectivity index (χ4n) is 4.03. The number of carbonyl (C=O) groups is 1. The van der Waals surface area contributed by atoms with E-state index in [-0.39, 0.29) is 12.6 Å². The maximum atomic E-state index is 13.3. The molecular formula is C26H27F6N3O2. The molecule has 0 aliphatic carbocycles. The van der Waals surface area contributed by atoms with Crippen molar-refractivity contribution in [2.24, 2.45) is 0 Å². The fourth-order valence-corrected chi connectivity index (χ4v) is 4.03. The number of alkyl halides is 6. The lowest BCUT2D eigenvalue weighted by molar-refractivity contribution is -0.143. The molecule has 0 fully saturated rings. The van der Waals surface area contributed by atoms with Crippen molar-refractivity contribution in [3.8, 4) is 0 Å². The first-order valence-electron chi connectivity index (χ1n) is 11.7. The van der Waals surface area contributed by atoms with E-state index in [0.717, 1.165) is 23.1 Å². The van der Waals surface area contributed by atoms with E-state index in [1.54, 1.807) is 18.2 Å². The largest absolute Gasteiger partial charge is 0.465 e. The number of rotatable bonds is 9. The van der Waals surface area contributed by atoms with Gasteiger partial charge in [0, 0.05) is 30.6 Å². The normalized spacial score (nSPS) is 12.1. The zero-order valence-electron chi connectivity index (χ0n) is 20.3. The smallest absolute Gasteiger partial charge is 0.416 e. The number of benzene rings is 2. The van der Waals surface area contributed by atoms with Gasteiger partial charge in [0.1, 0.15) is 5.82 Å². The van der Waals surface area contributed by atoms with E-state index in [4.69, 9.17) is 4.98 Å². The number of aromatic nitrogens is 1. The molecule has 1 amide bonds. The van der Waals surface area contributed by atoms with Gasteiger partial charge in [-0.3, -0.25) is 4.90 Å². The van der Waals surface area contributed by atoms with E-state index in [1.807, 2.05) is 30.9 Å². The summed E-state index contributed by atoms with van der Waals surface area (Å²) in [5.74, 6) is 0.529. The Kier molecular flexibility index (Phi) is 8.55. The highest BCUT2D eigenvalue weighted by atomic mass is 19.4. The lowest BCUT2D eigenvalue weighted by Gasteiger charge is -2.27. The van der Waals surface area contributed by atoms with Crippen LogP contribution in [-0.2, 0) is 25.4 Å². The standard InChI is InChI=1S/C26H27F6N3O2/c1-3-5-10-34(4-2)23-19(13-18-8-6-7-9-22(18)33-23)16-35(24(36)37)15-17-11-20(25(27,28)29)14-21(12-17)26(30,31)32/h6-9,11-14H,3-5,10,15-16H2,1-2H3,(H,36,37). The van der Waals surface area contributed by atoms with Crippen molar-refractivity contribution in [1.82, 2.24) is 9.88 Å². The Labute approximate surface area is 210 Å². The van der Waals surface area contributed by atoms with Crippen LogP contribution >= 0.6 is 0 Å². The van der Waals surface area contributed by atoms with Gasteiger partial charge in [-0.15, -0.1) is 0 Å². The summed E-state index contributed by atoms with van der Waals surface area (Å²) < 4.78 is 79.8. The molecule has 1 aromatic heterocycles. The minimum Gasteiger partial charge on any atom is -0.465 e. The number of hydrogen-bond acceptors (Lipinski definition) is 3. The molecule has 11 heteroatoms. The Morgan fingerprint density at radius 1 is 0.919 bits per heavy atom. The van der Waals surface area contributed by atoms with Crippen LogP contribution in [0.3, 0.4) is 0 Å². The highest BCUT2D eigenvalue weighted by Crippen LogP contribution is 2.37. The second kappa shape index (κ2) is 11.3. The Morgan fingerprint density at radius 2 is 1.54 bits per heavy atom. The Balaban J connectivity index is 2.05. The second-order valence-corrected chi connectivity index (χ2v) is 8.65. The molecule has 5 nitrogen and oxygen atoms in total. The van der Waals surface area contributed by atoms with Crippen molar-refractivity contribution in [3.05, 3.63) is 70.8 Å². The number of carboxylic acid groups (broad SMARTS) is 1. The van der Waals surface area contributed by atoms with Gasteiger partial charge in [0.2, 0.25) is 0 Å². The summed E-state index contributed by atoms with van der Waals surface area (Å²) in [4.78, 5) is 19.6. The van der Waals surface area contributed by atoms with E-state index in [0.29, 0.717) is 42.1 Å². The number of amides is 1. The average Bonchev–Trinajstić information content (AvgIpc) is 2.82. The lowest BCUT2D eigenvalue weighted by Crippen LogP contribution is -2.31. The summed E-state index contributed by atoms with van der Waals surface area (Å²) in [6.45, 7) is 4.24. The van der Waals surface area contributed by atoms with Crippen LogP contribution in [0.25, 0.3) is 10.9 Å². The molecule has 0 aliphatic rings. The van der Waals surface area contributed by atoms with Gasteiger partial charge in [-0.05, 0) is 49.2 Å². The van der Waals surface area contributed by atoms with E-state index in [1.165, 1.54) is 0 Å². The number of fused-ring (bicyclic) bond motifs is 1. The summed E-state index contributed by atoms with van der Waals surface area (Å²) in [5.41, 5.74) is -2.22. The molecule has 0 saturated heterocycles. The SMILES string of the molecule is CCCCN(CC)c1nc2ccccc2cc1CN(Cc1cc(C(F)(F)F)cc(C(F)(F)F)c1)C(=O)O. The maximum Gasteiger partial charge on any atom is 0.416 e. The predicted octanol–water partition coefficient (Wildman–Crippen LogP) is 7.58. The maximum absolute atomic E-state index is 13.3.